The van der Waals surface area contributed by atoms with Crippen molar-refractivity contribution >= 4 is 5.91 Å². The summed E-state index contributed by atoms with van der Waals surface area (Å²) >= 11 is 0. The predicted molar refractivity (Wildman–Crippen MR) is 70.1 cm³/mol. The molecule has 3 N–H and O–H groups in total. The molecule has 0 heterocycles. The monoisotopic (exact) mass is 258 g/mol. The van der Waals surface area contributed by atoms with Crippen LogP contribution in [-0.4, -0.2) is 54.9 Å². The van der Waals surface area contributed by atoms with Gasteiger partial charge in [-0.15, -0.1) is 0 Å². The van der Waals surface area contributed by atoms with Crippen LogP contribution in [0.25, 0.3) is 0 Å². The van der Waals surface area contributed by atoms with Crippen molar-refractivity contribution in [2.75, 3.05) is 33.4 Å². The fraction of sp³-hybridized carbons (Fsp3) is 0.923. The first-order valence-corrected chi connectivity index (χ1v) is 6.71. The van der Waals surface area contributed by atoms with Crippen LogP contribution >= 0.6 is 0 Å². The highest BCUT2D eigenvalue weighted by Gasteiger charge is 2.40. The zero-order valence-electron chi connectivity index (χ0n) is 11.5. The van der Waals surface area contributed by atoms with E-state index in [1.165, 1.54) is 0 Å². The quantitative estimate of drug-likeness (QED) is 0.721. The molecule has 1 aliphatic carbocycles. The zero-order valence-corrected chi connectivity index (χ0v) is 11.5. The van der Waals surface area contributed by atoms with E-state index in [0.29, 0.717) is 25.6 Å². The number of methoxy groups -OCH3 is 1. The highest BCUT2D eigenvalue weighted by Crippen LogP contribution is 2.31. The van der Waals surface area contributed by atoms with Crippen LogP contribution in [0.1, 0.15) is 32.6 Å². The molecule has 18 heavy (non-hydrogen) atoms. The Bertz CT molecular complexity index is 273. The van der Waals surface area contributed by atoms with Gasteiger partial charge in [0, 0.05) is 20.2 Å². The third-order valence-electron chi connectivity index (χ3n) is 3.68. The maximum Gasteiger partial charge on any atom is 0.242 e. The summed E-state index contributed by atoms with van der Waals surface area (Å²) in [6.45, 7) is 3.39. The zero-order chi connectivity index (χ0) is 13.6. The van der Waals surface area contributed by atoms with E-state index < -0.39 is 5.54 Å². The van der Waals surface area contributed by atoms with E-state index in [2.05, 4.69) is 6.92 Å². The number of carbonyl (C=O) groups is 1. The van der Waals surface area contributed by atoms with Crippen LogP contribution in [-0.2, 0) is 9.53 Å². The van der Waals surface area contributed by atoms with Gasteiger partial charge in [-0.3, -0.25) is 4.79 Å². The Morgan fingerprint density at radius 3 is 2.83 bits per heavy atom. The molecule has 1 saturated carbocycles. The molecule has 1 rings (SSSR count). The van der Waals surface area contributed by atoms with Crippen molar-refractivity contribution in [3.8, 4) is 0 Å². The van der Waals surface area contributed by atoms with Crippen molar-refractivity contribution in [2.45, 2.75) is 38.1 Å². The van der Waals surface area contributed by atoms with Gasteiger partial charge in [0.2, 0.25) is 5.91 Å². The number of carbonyl (C=O) groups excluding carboxylic acids is 1. The molecule has 2 atom stereocenters. The molecule has 1 amide bonds. The molecule has 0 radical (unpaired) electrons. The van der Waals surface area contributed by atoms with Crippen LogP contribution in [0.3, 0.4) is 0 Å². The van der Waals surface area contributed by atoms with E-state index in [0.717, 1.165) is 25.7 Å². The second kappa shape index (κ2) is 7.07. The van der Waals surface area contributed by atoms with E-state index >= 15 is 0 Å². The second-order valence-corrected chi connectivity index (χ2v) is 5.37. The number of ether oxygens (including phenoxy) is 1. The standard InChI is InChI=1S/C13H26N2O3/c1-11-4-3-5-13(14,10-11)12(17)15(6-8-16)7-9-18-2/h11,16H,3-10,14H2,1-2H3. The highest BCUT2D eigenvalue weighted by atomic mass is 16.5. The first-order chi connectivity index (χ1) is 8.53. The molecule has 0 aromatic rings. The predicted octanol–water partition coefficient (Wildman–Crippen LogP) is 0.361. The number of nitrogens with zero attached hydrogens (tertiary/aromatic N) is 1. The Morgan fingerprint density at radius 1 is 1.56 bits per heavy atom. The van der Waals surface area contributed by atoms with E-state index in [1.54, 1.807) is 12.0 Å². The van der Waals surface area contributed by atoms with Crippen molar-refractivity contribution < 1.29 is 14.6 Å². The highest BCUT2D eigenvalue weighted by molar-refractivity contribution is 5.86. The van der Waals surface area contributed by atoms with Gasteiger partial charge in [0.1, 0.15) is 0 Å². The average Bonchev–Trinajstić information content (AvgIpc) is 2.33. The van der Waals surface area contributed by atoms with Crippen LogP contribution in [0.2, 0.25) is 0 Å². The summed E-state index contributed by atoms with van der Waals surface area (Å²) in [5, 5.41) is 9.04. The Balaban J connectivity index is 2.67. The molecular weight excluding hydrogens is 232 g/mol. The minimum Gasteiger partial charge on any atom is -0.395 e. The molecule has 5 heteroatoms. The van der Waals surface area contributed by atoms with Gasteiger partial charge in [-0.1, -0.05) is 19.8 Å². The van der Waals surface area contributed by atoms with E-state index in [1.807, 2.05) is 0 Å². The number of aliphatic hydroxyl groups excluding tert-OH is 1. The molecule has 1 aliphatic rings. The van der Waals surface area contributed by atoms with Crippen molar-refractivity contribution in [2.24, 2.45) is 11.7 Å². The molecule has 5 nitrogen and oxygen atoms in total. The first kappa shape index (κ1) is 15.4. The molecule has 0 bridgehead atoms. The molecule has 0 spiro atoms. The van der Waals surface area contributed by atoms with E-state index in [9.17, 15) is 4.79 Å². The Kier molecular flexibility index (Phi) is 6.05. The molecular formula is C13H26N2O3. The summed E-state index contributed by atoms with van der Waals surface area (Å²) < 4.78 is 4.99. The lowest BCUT2D eigenvalue weighted by molar-refractivity contribution is -0.140. The molecule has 1 fully saturated rings. The largest absolute Gasteiger partial charge is 0.395 e. The fourth-order valence-corrected chi connectivity index (χ4v) is 2.74. The summed E-state index contributed by atoms with van der Waals surface area (Å²) in [5.74, 6) is 0.450. The topological polar surface area (TPSA) is 75.8 Å². The Hall–Kier alpha value is -0.650. The summed E-state index contributed by atoms with van der Waals surface area (Å²) in [7, 11) is 1.60. The van der Waals surface area contributed by atoms with Gasteiger partial charge in [-0.25, -0.2) is 0 Å². The van der Waals surface area contributed by atoms with Crippen LogP contribution in [0.4, 0.5) is 0 Å². The second-order valence-electron chi connectivity index (χ2n) is 5.37. The molecule has 0 aromatic heterocycles. The Morgan fingerprint density at radius 2 is 2.28 bits per heavy atom. The normalized spacial score (nSPS) is 28.1. The minimum atomic E-state index is -0.749. The van der Waals surface area contributed by atoms with Crippen molar-refractivity contribution in [1.29, 1.82) is 0 Å². The van der Waals surface area contributed by atoms with Gasteiger partial charge in [0.25, 0.3) is 0 Å². The maximum absolute atomic E-state index is 12.5. The average molecular weight is 258 g/mol. The van der Waals surface area contributed by atoms with Gasteiger partial charge in [-0.2, -0.15) is 0 Å². The fourth-order valence-electron chi connectivity index (χ4n) is 2.74. The van der Waals surface area contributed by atoms with Gasteiger partial charge >= 0.3 is 0 Å². The summed E-state index contributed by atoms with van der Waals surface area (Å²) in [5.41, 5.74) is 5.53. The van der Waals surface area contributed by atoms with Crippen molar-refractivity contribution in [1.82, 2.24) is 4.90 Å². The number of amides is 1. The van der Waals surface area contributed by atoms with Crippen LogP contribution < -0.4 is 5.73 Å². The maximum atomic E-state index is 12.5. The van der Waals surface area contributed by atoms with E-state index in [4.69, 9.17) is 15.6 Å². The third kappa shape index (κ3) is 3.93. The number of aliphatic hydroxyl groups is 1. The minimum absolute atomic E-state index is 0.0406. The number of hydrogen-bond acceptors (Lipinski definition) is 4. The lowest BCUT2D eigenvalue weighted by Gasteiger charge is -2.39. The van der Waals surface area contributed by atoms with Gasteiger partial charge < -0.3 is 20.5 Å². The van der Waals surface area contributed by atoms with Gasteiger partial charge in [-0.05, 0) is 18.8 Å². The van der Waals surface area contributed by atoms with Crippen LogP contribution in [0.15, 0.2) is 0 Å². The molecule has 0 aliphatic heterocycles. The van der Waals surface area contributed by atoms with Gasteiger partial charge in [0.05, 0.1) is 18.8 Å². The summed E-state index contributed by atoms with van der Waals surface area (Å²) in [6, 6.07) is 0. The van der Waals surface area contributed by atoms with Crippen molar-refractivity contribution in [3.05, 3.63) is 0 Å². The van der Waals surface area contributed by atoms with Gasteiger partial charge in [0.15, 0.2) is 0 Å². The first-order valence-electron chi connectivity index (χ1n) is 6.71. The van der Waals surface area contributed by atoms with Crippen LogP contribution in [0, 0.1) is 5.92 Å². The smallest absolute Gasteiger partial charge is 0.242 e. The lowest BCUT2D eigenvalue weighted by Crippen LogP contribution is -2.58. The third-order valence-corrected chi connectivity index (χ3v) is 3.68. The Labute approximate surface area is 109 Å². The molecule has 106 valence electrons. The molecule has 0 saturated heterocycles. The van der Waals surface area contributed by atoms with E-state index in [-0.39, 0.29) is 12.5 Å². The number of hydrogen-bond donors (Lipinski definition) is 2. The van der Waals surface area contributed by atoms with Crippen LogP contribution in [0.5, 0.6) is 0 Å². The molecule has 0 aromatic carbocycles. The van der Waals surface area contributed by atoms with Crippen molar-refractivity contribution in [3.63, 3.8) is 0 Å². The summed E-state index contributed by atoms with van der Waals surface area (Å²) in [4.78, 5) is 14.1. The lowest BCUT2D eigenvalue weighted by atomic mass is 9.76. The molecule has 2 unspecified atom stereocenters. The number of rotatable bonds is 6. The summed E-state index contributed by atoms with van der Waals surface area (Å²) in [6.07, 6.45) is 3.62. The SMILES string of the molecule is COCCN(CCO)C(=O)C1(N)CCCC(C)C1. The number of nitrogens with two attached hydrogens (primary N) is 1.